The quantitative estimate of drug-likeness (QED) is 0.527. The number of benzene rings is 3. The standard InChI is InChI=1S/C21H15NO/c23-20-14-17(12-10-15-6-2-1-3-7-15)22-21-18-9-5-4-8-16(18)11-13-19(20)21/h1-14H,(H,22,23). The highest BCUT2D eigenvalue weighted by Crippen LogP contribution is 2.22. The Kier molecular flexibility index (Phi) is 3.28. The van der Waals surface area contributed by atoms with Gasteiger partial charge in [0.25, 0.3) is 0 Å². The first-order valence-electron chi connectivity index (χ1n) is 7.59. The molecule has 1 heterocycles. The molecule has 2 heteroatoms. The third-order valence-electron chi connectivity index (χ3n) is 4.01. The normalized spacial score (nSPS) is 11.5. The van der Waals surface area contributed by atoms with E-state index in [4.69, 9.17) is 0 Å². The van der Waals surface area contributed by atoms with Crippen LogP contribution in [0.2, 0.25) is 0 Å². The number of fused-ring (bicyclic) bond motifs is 3. The predicted octanol–water partition coefficient (Wildman–Crippen LogP) is 4.85. The molecule has 0 bridgehead atoms. The van der Waals surface area contributed by atoms with Crippen LogP contribution < -0.4 is 5.43 Å². The molecule has 0 aliphatic heterocycles. The van der Waals surface area contributed by atoms with Gasteiger partial charge in [0.2, 0.25) is 0 Å². The fraction of sp³-hybridized carbons (Fsp3) is 0. The molecule has 0 fully saturated rings. The molecular weight excluding hydrogens is 282 g/mol. The van der Waals surface area contributed by atoms with Crippen LogP contribution in [0.4, 0.5) is 0 Å². The van der Waals surface area contributed by atoms with Crippen molar-refractivity contribution in [2.75, 3.05) is 0 Å². The zero-order valence-electron chi connectivity index (χ0n) is 12.5. The highest BCUT2D eigenvalue weighted by molar-refractivity contribution is 6.05. The van der Waals surface area contributed by atoms with Gasteiger partial charge < -0.3 is 4.98 Å². The minimum absolute atomic E-state index is 0.0391. The van der Waals surface area contributed by atoms with E-state index in [-0.39, 0.29) is 5.43 Å². The molecule has 3 aromatic carbocycles. The van der Waals surface area contributed by atoms with Crippen molar-refractivity contribution >= 4 is 33.8 Å². The van der Waals surface area contributed by atoms with Gasteiger partial charge >= 0.3 is 0 Å². The van der Waals surface area contributed by atoms with Crippen LogP contribution in [0.25, 0.3) is 33.8 Å². The number of aromatic amines is 1. The van der Waals surface area contributed by atoms with Crippen molar-refractivity contribution < 1.29 is 0 Å². The molecule has 23 heavy (non-hydrogen) atoms. The van der Waals surface area contributed by atoms with E-state index in [0.717, 1.165) is 32.9 Å². The number of hydrogen-bond acceptors (Lipinski definition) is 1. The molecule has 0 saturated heterocycles. The fourth-order valence-corrected chi connectivity index (χ4v) is 2.85. The molecule has 0 amide bonds. The average molecular weight is 297 g/mol. The third kappa shape index (κ3) is 2.55. The van der Waals surface area contributed by atoms with Gasteiger partial charge in [0.15, 0.2) is 5.43 Å². The van der Waals surface area contributed by atoms with E-state index in [2.05, 4.69) is 11.1 Å². The van der Waals surface area contributed by atoms with Gasteiger partial charge in [-0.3, -0.25) is 4.79 Å². The van der Waals surface area contributed by atoms with Crippen molar-refractivity contribution in [3.8, 4) is 0 Å². The Morgan fingerprint density at radius 2 is 1.52 bits per heavy atom. The number of hydrogen-bond donors (Lipinski definition) is 1. The minimum atomic E-state index is 0.0391. The summed E-state index contributed by atoms with van der Waals surface area (Å²) in [7, 11) is 0. The summed E-state index contributed by atoms with van der Waals surface area (Å²) < 4.78 is 0. The molecule has 0 aliphatic carbocycles. The first-order valence-corrected chi connectivity index (χ1v) is 7.59. The monoisotopic (exact) mass is 297 g/mol. The second-order valence-electron chi connectivity index (χ2n) is 5.54. The molecule has 1 aromatic heterocycles. The van der Waals surface area contributed by atoms with Crippen LogP contribution in [0.15, 0.2) is 77.6 Å². The average Bonchev–Trinajstić information content (AvgIpc) is 2.61. The summed E-state index contributed by atoms with van der Waals surface area (Å²) in [5.41, 5.74) is 2.84. The van der Waals surface area contributed by atoms with Crippen molar-refractivity contribution in [1.82, 2.24) is 4.98 Å². The fourth-order valence-electron chi connectivity index (χ4n) is 2.85. The lowest BCUT2D eigenvalue weighted by Gasteiger charge is -2.05. The van der Waals surface area contributed by atoms with Gasteiger partial charge in [-0.2, -0.15) is 0 Å². The minimum Gasteiger partial charge on any atom is -0.354 e. The molecule has 0 saturated carbocycles. The van der Waals surface area contributed by atoms with Crippen LogP contribution in [0.3, 0.4) is 0 Å². The van der Waals surface area contributed by atoms with Crippen molar-refractivity contribution in [2.24, 2.45) is 0 Å². The maximum absolute atomic E-state index is 12.4. The van der Waals surface area contributed by atoms with Crippen LogP contribution >= 0.6 is 0 Å². The zero-order valence-corrected chi connectivity index (χ0v) is 12.5. The van der Waals surface area contributed by atoms with E-state index in [9.17, 15) is 4.79 Å². The van der Waals surface area contributed by atoms with E-state index in [1.54, 1.807) is 6.07 Å². The Morgan fingerprint density at radius 1 is 0.739 bits per heavy atom. The lowest BCUT2D eigenvalue weighted by atomic mass is 10.1. The van der Waals surface area contributed by atoms with Crippen LogP contribution in [0, 0.1) is 0 Å². The third-order valence-corrected chi connectivity index (χ3v) is 4.01. The summed E-state index contributed by atoms with van der Waals surface area (Å²) in [6, 6.07) is 23.7. The van der Waals surface area contributed by atoms with Crippen LogP contribution in [-0.4, -0.2) is 4.98 Å². The molecule has 1 N–H and O–H groups in total. The molecule has 0 unspecified atom stereocenters. The Labute approximate surface area is 133 Å². The van der Waals surface area contributed by atoms with E-state index in [0.29, 0.717) is 0 Å². The largest absolute Gasteiger partial charge is 0.354 e. The first kappa shape index (κ1) is 13.5. The highest BCUT2D eigenvalue weighted by atomic mass is 16.1. The molecule has 0 spiro atoms. The molecule has 4 rings (SSSR count). The van der Waals surface area contributed by atoms with Crippen LogP contribution in [0.5, 0.6) is 0 Å². The zero-order chi connectivity index (χ0) is 15.6. The van der Waals surface area contributed by atoms with Gasteiger partial charge in [-0.25, -0.2) is 0 Å². The van der Waals surface area contributed by atoms with Gasteiger partial charge in [0, 0.05) is 22.5 Å². The molecule has 2 nitrogen and oxygen atoms in total. The number of rotatable bonds is 2. The maximum atomic E-state index is 12.4. The smallest absolute Gasteiger partial charge is 0.190 e. The van der Waals surface area contributed by atoms with Gasteiger partial charge in [0.1, 0.15) is 0 Å². The van der Waals surface area contributed by atoms with Crippen molar-refractivity contribution in [3.05, 3.63) is 94.3 Å². The summed E-state index contributed by atoms with van der Waals surface area (Å²) >= 11 is 0. The summed E-state index contributed by atoms with van der Waals surface area (Å²) in [6.07, 6.45) is 3.94. The molecule has 110 valence electrons. The molecule has 0 aliphatic rings. The van der Waals surface area contributed by atoms with Crippen molar-refractivity contribution in [2.45, 2.75) is 0 Å². The van der Waals surface area contributed by atoms with Crippen LogP contribution in [0.1, 0.15) is 11.3 Å². The summed E-state index contributed by atoms with van der Waals surface area (Å²) in [5.74, 6) is 0. The van der Waals surface area contributed by atoms with E-state index in [1.807, 2.05) is 72.8 Å². The van der Waals surface area contributed by atoms with Gasteiger partial charge in [-0.15, -0.1) is 0 Å². The lowest BCUT2D eigenvalue weighted by Crippen LogP contribution is -2.03. The molecule has 4 aromatic rings. The highest BCUT2D eigenvalue weighted by Gasteiger charge is 2.04. The van der Waals surface area contributed by atoms with E-state index < -0.39 is 0 Å². The Morgan fingerprint density at radius 3 is 2.39 bits per heavy atom. The number of nitrogens with one attached hydrogen (secondary N) is 1. The molecule has 0 radical (unpaired) electrons. The topological polar surface area (TPSA) is 32.9 Å². The Balaban J connectivity index is 1.90. The predicted molar refractivity (Wildman–Crippen MR) is 97.4 cm³/mol. The maximum Gasteiger partial charge on any atom is 0.190 e. The Hall–Kier alpha value is -3.13. The van der Waals surface area contributed by atoms with Gasteiger partial charge in [-0.1, -0.05) is 66.7 Å². The van der Waals surface area contributed by atoms with Crippen molar-refractivity contribution in [1.29, 1.82) is 0 Å². The van der Waals surface area contributed by atoms with Crippen LogP contribution in [-0.2, 0) is 0 Å². The van der Waals surface area contributed by atoms with E-state index in [1.165, 1.54) is 0 Å². The van der Waals surface area contributed by atoms with E-state index >= 15 is 0 Å². The summed E-state index contributed by atoms with van der Waals surface area (Å²) in [4.78, 5) is 15.8. The second kappa shape index (κ2) is 5.58. The lowest BCUT2D eigenvalue weighted by molar-refractivity contribution is 1.36. The van der Waals surface area contributed by atoms with Gasteiger partial charge in [-0.05, 0) is 23.1 Å². The SMILES string of the molecule is O=c1cc(C=Cc2ccccc2)[nH]c2c1ccc1ccccc12. The first-order chi connectivity index (χ1) is 11.3. The second-order valence-corrected chi connectivity index (χ2v) is 5.54. The number of H-pyrrole nitrogens is 1. The Bertz CT molecular complexity index is 1080. The summed E-state index contributed by atoms with van der Waals surface area (Å²) in [5, 5.41) is 2.91. The van der Waals surface area contributed by atoms with Crippen molar-refractivity contribution in [3.63, 3.8) is 0 Å². The summed E-state index contributed by atoms with van der Waals surface area (Å²) in [6.45, 7) is 0. The van der Waals surface area contributed by atoms with Gasteiger partial charge in [0.05, 0.1) is 5.52 Å². The number of pyridine rings is 1. The number of aromatic nitrogens is 1. The molecular formula is C21H15NO. The molecule has 0 atom stereocenters.